The van der Waals surface area contributed by atoms with E-state index in [0.29, 0.717) is 24.3 Å². The Labute approximate surface area is 115 Å². The van der Waals surface area contributed by atoms with Gasteiger partial charge in [-0.1, -0.05) is 0 Å². The average molecular weight is 317 g/mol. The van der Waals surface area contributed by atoms with Crippen LogP contribution >= 0.6 is 15.9 Å². The van der Waals surface area contributed by atoms with E-state index in [2.05, 4.69) is 15.9 Å². The maximum absolute atomic E-state index is 10.5. The van der Waals surface area contributed by atoms with Crippen molar-refractivity contribution in [1.82, 2.24) is 0 Å². The number of hydrogen-bond acceptors (Lipinski definition) is 3. The van der Waals surface area contributed by atoms with Crippen molar-refractivity contribution in [2.24, 2.45) is 0 Å². The minimum atomic E-state index is -0.782. The van der Waals surface area contributed by atoms with Crippen molar-refractivity contribution in [1.29, 1.82) is 0 Å². The van der Waals surface area contributed by atoms with E-state index in [0.717, 1.165) is 15.6 Å². The molecule has 0 fully saturated rings. The quantitative estimate of drug-likeness (QED) is 0.875. The van der Waals surface area contributed by atoms with Crippen LogP contribution in [0.3, 0.4) is 0 Å². The number of benzene rings is 1. The Kier molecular flexibility index (Phi) is 5.47. The van der Waals surface area contributed by atoms with E-state index >= 15 is 0 Å². The van der Waals surface area contributed by atoms with Crippen LogP contribution in [0.2, 0.25) is 0 Å². The van der Waals surface area contributed by atoms with E-state index in [1.165, 1.54) is 0 Å². The zero-order chi connectivity index (χ0) is 13.7. The molecule has 0 aromatic heterocycles. The average Bonchev–Trinajstić information content (AvgIpc) is 2.30. The molecule has 5 heteroatoms. The third-order valence-corrected chi connectivity index (χ3v) is 3.33. The van der Waals surface area contributed by atoms with Crippen LogP contribution in [0.5, 0.6) is 11.5 Å². The molecule has 0 bridgehead atoms. The normalized spacial score (nSPS) is 10.2. The minimum Gasteiger partial charge on any atom is -0.493 e. The highest BCUT2D eigenvalue weighted by Crippen LogP contribution is 2.40. The number of aryl methyl sites for hydroxylation is 1. The smallest absolute Gasteiger partial charge is 0.303 e. The van der Waals surface area contributed by atoms with Crippen LogP contribution in [-0.4, -0.2) is 25.3 Å². The Bertz CT molecular complexity index is 443. The third kappa shape index (κ3) is 3.38. The van der Waals surface area contributed by atoms with E-state index in [1.54, 1.807) is 14.2 Å². The Balaban J connectivity index is 3.05. The molecule has 1 aromatic rings. The van der Waals surface area contributed by atoms with Gasteiger partial charge < -0.3 is 14.6 Å². The van der Waals surface area contributed by atoms with Crippen molar-refractivity contribution in [3.8, 4) is 11.5 Å². The van der Waals surface area contributed by atoms with Crippen LogP contribution in [0.15, 0.2) is 10.5 Å². The number of carboxylic acid groups (broad SMARTS) is 1. The first kappa shape index (κ1) is 14.8. The van der Waals surface area contributed by atoms with Gasteiger partial charge in [-0.15, -0.1) is 0 Å². The number of carbonyl (C=O) groups is 1. The SMILES string of the molecule is COc1c(Br)cc(C)c(CCCC(=O)O)c1OC. The highest BCUT2D eigenvalue weighted by Gasteiger charge is 2.16. The van der Waals surface area contributed by atoms with E-state index in [1.807, 2.05) is 13.0 Å². The highest BCUT2D eigenvalue weighted by atomic mass is 79.9. The molecule has 1 rings (SSSR count). The fourth-order valence-electron chi connectivity index (χ4n) is 1.90. The number of hydrogen-bond donors (Lipinski definition) is 1. The van der Waals surface area contributed by atoms with Crippen molar-refractivity contribution in [2.45, 2.75) is 26.2 Å². The number of aliphatic carboxylic acids is 1. The van der Waals surface area contributed by atoms with Crippen LogP contribution in [0.25, 0.3) is 0 Å². The molecule has 0 heterocycles. The van der Waals surface area contributed by atoms with Crippen LogP contribution < -0.4 is 9.47 Å². The van der Waals surface area contributed by atoms with Gasteiger partial charge in [-0.05, 0) is 47.3 Å². The van der Waals surface area contributed by atoms with Gasteiger partial charge in [-0.25, -0.2) is 0 Å². The Morgan fingerprint density at radius 2 is 1.94 bits per heavy atom. The van der Waals surface area contributed by atoms with Crippen LogP contribution in [-0.2, 0) is 11.2 Å². The van der Waals surface area contributed by atoms with E-state index in [-0.39, 0.29) is 6.42 Å². The monoisotopic (exact) mass is 316 g/mol. The molecular weight excluding hydrogens is 300 g/mol. The fraction of sp³-hybridized carbons (Fsp3) is 0.462. The Hall–Kier alpha value is -1.23. The molecule has 0 aliphatic carbocycles. The second-order valence-electron chi connectivity index (χ2n) is 3.97. The summed E-state index contributed by atoms with van der Waals surface area (Å²) < 4.78 is 11.5. The third-order valence-electron chi connectivity index (χ3n) is 2.74. The summed E-state index contributed by atoms with van der Waals surface area (Å²) in [6.07, 6.45) is 1.39. The summed E-state index contributed by atoms with van der Waals surface area (Å²) in [5, 5.41) is 8.67. The zero-order valence-electron chi connectivity index (χ0n) is 10.7. The van der Waals surface area contributed by atoms with Crippen molar-refractivity contribution >= 4 is 21.9 Å². The maximum Gasteiger partial charge on any atom is 0.303 e. The predicted octanol–water partition coefficient (Wildman–Crippen LogP) is 3.18. The first-order valence-electron chi connectivity index (χ1n) is 5.63. The molecule has 100 valence electrons. The van der Waals surface area contributed by atoms with Gasteiger partial charge in [-0.3, -0.25) is 4.79 Å². The molecule has 18 heavy (non-hydrogen) atoms. The van der Waals surface area contributed by atoms with Gasteiger partial charge in [0.05, 0.1) is 18.7 Å². The topological polar surface area (TPSA) is 55.8 Å². The van der Waals surface area contributed by atoms with Crippen LogP contribution in [0, 0.1) is 6.92 Å². The molecule has 0 radical (unpaired) electrons. The first-order chi connectivity index (χ1) is 8.51. The lowest BCUT2D eigenvalue weighted by Gasteiger charge is -2.16. The molecule has 0 atom stereocenters. The predicted molar refractivity (Wildman–Crippen MR) is 72.6 cm³/mol. The summed E-state index contributed by atoms with van der Waals surface area (Å²) in [5.41, 5.74) is 2.06. The van der Waals surface area contributed by atoms with Gasteiger partial charge in [0.25, 0.3) is 0 Å². The van der Waals surface area contributed by atoms with Gasteiger partial charge >= 0.3 is 5.97 Å². The summed E-state index contributed by atoms with van der Waals surface area (Å²) in [4.78, 5) is 10.5. The molecule has 0 saturated carbocycles. The molecule has 0 aliphatic rings. The number of methoxy groups -OCH3 is 2. The summed E-state index contributed by atoms with van der Waals surface area (Å²) in [6.45, 7) is 1.98. The molecule has 0 aliphatic heterocycles. The lowest BCUT2D eigenvalue weighted by molar-refractivity contribution is -0.137. The molecule has 0 unspecified atom stereocenters. The molecular formula is C13H17BrO4. The molecule has 0 saturated heterocycles. The highest BCUT2D eigenvalue weighted by molar-refractivity contribution is 9.10. The van der Waals surface area contributed by atoms with Crippen LogP contribution in [0.4, 0.5) is 0 Å². The molecule has 0 amide bonds. The summed E-state index contributed by atoms with van der Waals surface area (Å²) in [5.74, 6) is 0.541. The molecule has 1 N–H and O–H groups in total. The second-order valence-corrected chi connectivity index (χ2v) is 4.82. The Morgan fingerprint density at radius 3 is 2.44 bits per heavy atom. The number of carboxylic acids is 1. The van der Waals surface area contributed by atoms with Gasteiger partial charge in [-0.2, -0.15) is 0 Å². The summed E-state index contributed by atoms with van der Waals surface area (Å²) in [6, 6.07) is 1.96. The van der Waals surface area contributed by atoms with E-state index < -0.39 is 5.97 Å². The van der Waals surface area contributed by atoms with Crippen LogP contribution in [0.1, 0.15) is 24.0 Å². The Morgan fingerprint density at radius 1 is 1.33 bits per heavy atom. The van der Waals surface area contributed by atoms with Crippen molar-refractivity contribution < 1.29 is 19.4 Å². The zero-order valence-corrected chi connectivity index (χ0v) is 12.3. The lowest BCUT2D eigenvalue weighted by atomic mass is 10.0. The van der Waals surface area contributed by atoms with Gasteiger partial charge in [0.1, 0.15) is 0 Å². The lowest BCUT2D eigenvalue weighted by Crippen LogP contribution is -2.02. The van der Waals surface area contributed by atoms with E-state index in [4.69, 9.17) is 14.6 Å². The number of halogens is 1. The first-order valence-corrected chi connectivity index (χ1v) is 6.42. The molecule has 0 spiro atoms. The van der Waals surface area contributed by atoms with Crippen molar-refractivity contribution in [3.05, 3.63) is 21.7 Å². The number of rotatable bonds is 6. The standard InChI is InChI=1S/C13H17BrO4/c1-8-7-10(14)13(18-3)12(17-2)9(8)5-4-6-11(15)16/h7H,4-6H2,1-3H3,(H,15,16). The minimum absolute atomic E-state index is 0.154. The van der Waals surface area contributed by atoms with Gasteiger partial charge in [0.2, 0.25) is 0 Å². The summed E-state index contributed by atoms with van der Waals surface area (Å²) >= 11 is 3.43. The second kappa shape index (κ2) is 6.64. The molecule has 1 aromatic carbocycles. The molecule has 4 nitrogen and oxygen atoms in total. The number of ether oxygens (including phenoxy) is 2. The van der Waals surface area contributed by atoms with Gasteiger partial charge in [0, 0.05) is 12.0 Å². The van der Waals surface area contributed by atoms with Gasteiger partial charge in [0.15, 0.2) is 11.5 Å². The van der Waals surface area contributed by atoms with Crippen molar-refractivity contribution in [3.63, 3.8) is 0 Å². The van der Waals surface area contributed by atoms with E-state index in [9.17, 15) is 4.79 Å². The summed E-state index contributed by atoms with van der Waals surface area (Å²) in [7, 11) is 3.17. The largest absolute Gasteiger partial charge is 0.493 e. The maximum atomic E-state index is 10.5. The fourth-order valence-corrected chi connectivity index (χ4v) is 2.59. The van der Waals surface area contributed by atoms with Crippen molar-refractivity contribution in [2.75, 3.05) is 14.2 Å².